The van der Waals surface area contributed by atoms with Gasteiger partial charge >= 0.3 is 0 Å². The lowest BCUT2D eigenvalue weighted by Crippen LogP contribution is -2.16. The first kappa shape index (κ1) is 19.9. The molecule has 0 aliphatic carbocycles. The van der Waals surface area contributed by atoms with Crippen molar-refractivity contribution in [2.24, 2.45) is 21.5 Å². The Labute approximate surface area is 150 Å². The maximum absolute atomic E-state index is 12.0. The minimum atomic E-state index is -0.148. The van der Waals surface area contributed by atoms with Crippen molar-refractivity contribution in [2.45, 2.75) is 6.92 Å². The zero-order valence-corrected chi connectivity index (χ0v) is 15.4. The van der Waals surface area contributed by atoms with Gasteiger partial charge in [-0.15, -0.1) is 23.5 Å². The first-order chi connectivity index (χ1) is 11.5. The van der Waals surface area contributed by atoms with Crippen LogP contribution in [-0.2, 0) is 4.79 Å². The van der Waals surface area contributed by atoms with Crippen LogP contribution in [0.5, 0.6) is 5.75 Å². The molecule has 9 heteroatoms. The topological polar surface area (TPSA) is 115 Å². The van der Waals surface area contributed by atoms with Crippen molar-refractivity contribution in [1.29, 1.82) is 0 Å². The molecule has 0 radical (unpaired) electrons. The lowest BCUT2D eigenvalue weighted by Gasteiger charge is -2.06. The van der Waals surface area contributed by atoms with Gasteiger partial charge in [-0.1, -0.05) is 6.07 Å². The summed E-state index contributed by atoms with van der Waals surface area (Å²) in [4.78, 5) is 20.1. The van der Waals surface area contributed by atoms with E-state index in [4.69, 9.17) is 16.2 Å². The molecule has 0 heterocycles. The lowest BCUT2D eigenvalue weighted by atomic mass is 10.3. The molecular formula is C15H21N5O2S2. The van der Waals surface area contributed by atoms with Crippen LogP contribution in [0.4, 0.5) is 5.69 Å². The molecule has 1 amide bonds. The average molecular weight is 368 g/mol. The number of nitrogens with two attached hydrogens (primary N) is 2. The maximum atomic E-state index is 12.0. The van der Waals surface area contributed by atoms with Crippen LogP contribution >= 0.6 is 23.5 Å². The Hall–Kier alpha value is -2.13. The minimum Gasteiger partial charge on any atom is -0.497 e. The molecule has 0 spiro atoms. The van der Waals surface area contributed by atoms with Crippen molar-refractivity contribution >= 4 is 46.1 Å². The van der Waals surface area contributed by atoms with Gasteiger partial charge in [0.1, 0.15) is 10.8 Å². The zero-order chi connectivity index (χ0) is 17.9. The van der Waals surface area contributed by atoms with E-state index in [1.54, 1.807) is 32.2 Å². The summed E-state index contributed by atoms with van der Waals surface area (Å²) in [6.07, 6.45) is 3.20. The highest BCUT2D eigenvalue weighted by Crippen LogP contribution is 2.17. The quantitative estimate of drug-likeness (QED) is 0.524. The van der Waals surface area contributed by atoms with Crippen LogP contribution in [0.25, 0.3) is 0 Å². The van der Waals surface area contributed by atoms with Crippen molar-refractivity contribution in [3.8, 4) is 5.75 Å². The van der Waals surface area contributed by atoms with Crippen LogP contribution < -0.4 is 21.5 Å². The number of thioether (sulfide) groups is 2. The van der Waals surface area contributed by atoms with Gasteiger partial charge in [0.15, 0.2) is 0 Å². The molecule has 0 aliphatic rings. The molecule has 0 atom stereocenters. The number of carbonyl (C=O) groups is 1. The van der Waals surface area contributed by atoms with E-state index in [0.717, 1.165) is 0 Å². The molecule has 0 bridgehead atoms. The third kappa shape index (κ3) is 7.42. The van der Waals surface area contributed by atoms with Crippen LogP contribution in [0.3, 0.4) is 0 Å². The van der Waals surface area contributed by atoms with Gasteiger partial charge in [0, 0.05) is 18.0 Å². The van der Waals surface area contributed by atoms with E-state index in [2.05, 4.69) is 15.3 Å². The summed E-state index contributed by atoms with van der Waals surface area (Å²) in [7, 11) is 1.57. The largest absolute Gasteiger partial charge is 0.497 e. The molecule has 7 nitrogen and oxygen atoms in total. The Balaban J connectivity index is 2.55. The fourth-order valence-electron chi connectivity index (χ4n) is 1.55. The summed E-state index contributed by atoms with van der Waals surface area (Å²) in [5.41, 5.74) is 11.8. The van der Waals surface area contributed by atoms with Gasteiger partial charge in [0.2, 0.25) is 11.9 Å². The van der Waals surface area contributed by atoms with Gasteiger partial charge in [-0.25, -0.2) is 9.98 Å². The number of anilines is 1. The fourth-order valence-corrected chi connectivity index (χ4v) is 2.44. The number of hydrogen-bond donors (Lipinski definition) is 3. The van der Waals surface area contributed by atoms with Gasteiger partial charge in [-0.3, -0.25) is 4.79 Å². The number of rotatable bonds is 6. The molecule has 1 rings (SSSR count). The zero-order valence-electron chi connectivity index (χ0n) is 13.8. The summed E-state index contributed by atoms with van der Waals surface area (Å²) < 4.78 is 5.11. The molecule has 0 fully saturated rings. The number of aliphatic imine (C=N–C) groups is 2. The van der Waals surface area contributed by atoms with E-state index >= 15 is 0 Å². The van der Waals surface area contributed by atoms with Crippen LogP contribution in [0.15, 0.2) is 45.5 Å². The summed E-state index contributed by atoms with van der Waals surface area (Å²) in [6.45, 7) is 1.76. The highest BCUT2D eigenvalue weighted by Gasteiger charge is 2.05. The molecule has 1 aromatic carbocycles. The molecule has 0 aromatic heterocycles. The van der Waals surface area contributed by atoms with Crippen LogP contribution in [0.2, 0.25) is 0 Å². The Morgan fingerprint density at radius 3 is 2.79 bits per heavy atom. The van der Waals surface area contributed by atoms with E-state index < -0.39 is 0 Å². The molecule has 0 unspecified atom stereocenters. The summed E-state index contributed by atoms with van der Waals surface area (Å²) in [6, 6.07) is 7.15. The number of nitrogens with zero attached hydrogens (tertiary/aromatic N) is 2. The molecule has 0 saturated carbocycles. The lowest BCUT2D eigenvalue weighted by molar-refractivity contribution is -0.113. The second kappa shape index (κ2) is 10.6. The SMILES string of the molecule is COc1cccc(NC(=O)CS/C(C)=N/C(N)=N\C(=C\N)SC)c1. The molecule has 1 aromatic rings. The minimum absolute atomic E-state index is 0.0965. The van der Waals surface area contributed by atoms with Crippen LogP contribution in [0.1, 0.15) is 6.92 Å². The number of benzene rings is 1. The van der Waals surface area contributed by atoms with Crippen molar-refractivity contribution in [3.63, 3.8) is 0 Å². The number of hydrogen-bond acceptors (Lipinski definition) is 6. The maximum Gasteiger partial charge on any atom is 0.234 e. The second-order valence-electron chi connectivity index (χ2n) is 4.38. The Bertz CT molecular complexity index is 659. The molecule has 0 saturated heterocycles. The highest BCUT2D eigenvalue weighted by molar-refractivity contribution is 8.14. The predicted molar refractivity (Wildman–Crippen MR) is 105 cm³/mol. The summed E-state index contributed by atoms with van der Waals surface area (Å²) >= 11 is 2.64. The fraction of sp³-hybridized carbons (Fsp3) is 0.267. The number of methoxy groups -OCH3 is 1. The van der Waals surface area contributed by atoms with Gasteiger partial charge in [0.25, 0.3) is 0 Å². The first-order valence-corrected chi connectivity index (χ1v) is 9.11. The van der Waals surface area contributed by atoms with E-state index in [1.807, 2.05) is 12.3 Å². The van der Waals surface area contributed by atoms with E-state index in [1.165, 1.54) is 29.7 Å². The van der Waals surface area contributed by atoms with Gasteiger partial charge in [0.05, 0.1) is 17.9 Å². The molecule has 5 N–H and O–H groups in total. The third-order valence-corrected chi connectivity index (χ3v) is 4.18. The molecule has 130 valence electrons. The molecule has 24 heavy (non-hydrogen) atoms. The smallest absolute Gasteiger partial charge is 0.234 e. The average Bonchev–Trinajstić information content (AvgIpc) is 2.58. The summed E-state index contributed by atoms with van der Waals surface area (Å²) in [5.74, 6) is 0.839. The van der Waals surface area contributed by atoms with E-state index in [9.17, 15) is 4.79 Å². The number of ether oxygens (including phenoxy) is 1. The van der Waals surface area contributed by atoms with Gasteiger partial charge in [-0.2, -0.15) is 0 Å². The van der Waals surface area contributed by atoms with Gasteiger partial charge in [-0.05, 0) is 25.3 Å². The van der Waals surface area contributed by atoms with Crippen molar-refractivity contribution in [3.05, 3.63) is 35.5 Å². The van der Waals surface area contributed by atoms with Crippen molar-refractivity contribution < 1.29 is 9.53 Å². The van der Waals surface area contributed by atoms with E-state index in [0.29, 0.717) is 21.5 Å². The molecule has 0 aliphatic heterocycles. The summed E-state index contributed by atoms with van der Waals surface area (Å²) in [5, 5.41) is 4.00. The monoisotopic (exact) mass is 367 g/mol. The third-order valence-electron chi connectivity index (χ3n) is 2.61. The number of guanidine groups is 1. The Morgan fingerprint density at radius 1 is 1.42 bits per heavy atom. The second-order valence-corrected chi connectivity index (χ2v) is 6.37. The molecular weight excluding hydrogens is 346 g/mol. The number of amides is 1. The van der Waals surface area contributed by atoms with Crippen LogP contribution in [-0.4, -0.2) is 36.0 Å². The van der Waals surface area contributed by atoms with Gasteiger partial charge < -0.3 is 21.5 Å². The normalized spacial score (nSPS) is 12.9. The van der Waals surface area contributed by atoms with Crippen molar-refractivity contribution in [2.75, 3.05) is 24.4 Å². The van der Waals surface area contributed by atoms with E-state index in [-0.39, 0.29) is 17.6 Å². The Kier molecular flexibility index (Phi) is 8.80. The predicted octanol–water partition coefficient (Wildman–Crippen LogP) is 2.22. The highest BCUT2D eigenvalue weighted by atomic mass is 32.2. The number of carbonyl (C=O) groups excluding carboxylic acids is 1. The first-order valence-electron chi connectivity index (χ1n) is 6.90. The number of nitrogens with one attached hydrogen (secondary N) is 1. The van der Waals surface area contributed by atoms with Crippen molar-refractivity contribution in [1.82, 2.24) is 0 Å². The Morgan fingerprint density at radius 2 is 2.17 bits per heavy atom. The standard InChI is InChI=1S/C15H21N5O2S2/c1-10(18-15(17)20-14(8-16)23-3)24-9-13(21)19-11-5-4-6-12(7-11)22-2/h4-8H,9,16H2,1-3H3,(H2,17,20)(H,19,21)/b14-8-,18-10+. The van der Waals surface area contributed by atoms with Crippen LogP contribution in [0, 0.1) is 0 Å².